The highest BCUT2D eigenvalue weighted by atomic mass is 35.5. The van der Waals surface area contributed by atoms with E-state index in [4.69, 9.17) is 16.3 Å². The predicted molar refractivity (Wildman–Crippen MR) is 79.7 cm³/mol. The Morgan fingerprint density at radius 2 is 1.95 bits per heavy atom. The Morgan fingerprint density at radius 3 is 2.65 bits per heavy atom. The highest BCUT2D eigenvalue weighted by molar-refractivity contribution is 6.30. The lowest BCUT2D eigenvalue weighted by Gasteiger charge is -2.13. The molecule has 0 spiro atoms. The molecule has 2 aromatic carbocycles. The monoisotopic (exact) mass is 293 g/mol. The molecule has 0 aromatic heterocycles. The van der Waals surface area contributed by atoms with E-state index in [1.54, 1.807) is 24.3 Å². The minimum atomic E-state index is 0.0315. The van der Waals surface area contributed by atoms with Crippen molar-refractivity contribution in [3.05, 3.63) is 47.0 Å². The summed E-state index contributed by atoms with van der Waals surface area (Å²) >= 11 is 5.97. The third kappa shape index (κ3) is 3.48. The summed E-state index contributed by atoms with van der Waals surface area (Å²) in [6.07, 6.45) is 0. The number of aromatic hydroxyl groups is 2. The number of hydrogen-bond acceptors (Lipinski definition) is 4. The van der Waals surface area contributed by atoms with Crippen LogP contribution in [0.3, 0.4) is 0 Å². The molecule has 0 bridgehead atoms. The molecule has 106 valence electrons. The lowest BCUT2D eigenvalue weighted by molar-refractivity contribution is 0.341. The van der Waals surface area contributed by atoms with Gasteiger partial charge in [-0.15, -0.1) is 0 Å². The zero-order valence-electron chi connectivity index (χ0n) is 11.1. The smallest absolute Gasteiger partial charge is 0.142 e. The summed E-state index contributed by atoms with van der Waals surface area (Å²) in [6, 6.07) is 9.81. The first-order valence-electron chi connectivity index (χ1n) is 6.27. The predicted octanol–water partition coefficient (Wildman–Crippen LogP) is 3.76. The van der Waals surface area contributed by atoms with Crippen LogP contribution in [0.4, 0.5) is 5.69 Å². The topological polar surface area (TPSA) is 61.7 Å². The van der Waals surface area contributed by atoms with Crippen LogP contribution in [0.5, 0.6) is 17.2 Å². The highest BCUT2D eigenvalue weighted by Gasteiger charge is 2.06. The summed E-state index contributed by atoms with van der Waals surface area (Å²) in [5.74, 6) is 0.775. The average Bonchev–Trinajstić information content (AvgIpc) is 2.41. The van der Waals surface area contributed by atoms with Crippen LogP contribution >= 0.6 is 11.6 Å². The molecule has 5 heteroatoms. The summed E-state index contributed by atoms with van der Waals surface area (Å²) in [4.78, 5) is 0. The summed E-state index contributed by atoms with van der Waals surface area (Å²) in [6.45, 7) is 2.86. The Hall–Kier alpha value is -2.07. The Labute approximate surface area is 122 Å². The van der Waals surface area contributed by atoms with Crippen molar-refractivity contribution < 1.29 is 14.9 Å². The number of nitrogens with one attached hydrogen (secondary N) is 1. The number of rotatable bonds is 5. The molecule has 0 radical (unpaired) electrons. The van der Waals surface area contributed by atoms with Crippen LogP contribution in [0.25, 0.3) is 0 Å². The van der Waals surface area contributed by atoms with Crippen LogP contribution in [-0.4, -0.2) is 16.8 Å². The number of phenolic OH excluding ortho intramolecular Hbond substituents is 2. The molecule has 0 aliphatic carbocycles. The van der Waals surface area contributed by atoms with Gasteiger partial charge in [-0.3, -0.25) is 0 Å². The Bertz CT molecular complexity index is 602. The molecule has 2 rings (SSSR count). The summed E-state index contributed by atoms with van der Waals surface area (Å²) in [5.41, 5.74) is 1.43. The zero-order valence-corrected chi connectivity index (χ0v) is 11.8. The van der Waals surface area contributed by atoms with Crippen LogP contribution in [0.1, 0.15) is 12.5 Å². The van der Waals surface area contributed by atoms with Gasteiger partial charge in [-0.05, 0) is 37.3 Å². The minimum absolute atomic E-state index is 0.0315. The van der Waals surface area contributed by atoms with E-state index in [0.717, 1.165) is 5.69 Å². The molecule has 0 fully saturated rings. The molecule has 0 aliphatic heterocycles. The third-order valence-corrected chi connectivity index (χ3v) is 3.01. The number of ether oxygens (including phenoxy) is 1. The van der Waals surface area contributed by atoms with Gasteiger partial charge in [0.15, 0.2) is 0 Å². The molecule has 2 aromatic rings. The van der Waals surface area contributed by atoms with E-state index < -0.39 is 0 Å². The van der Waals surface area contributed by atoms with Crippen molar-refractivity contribution in [3.8, 4) is 17.2 Å². The highest BCUT2D eigenvalue weighted by Crippen LogP contribution is 2.30. The lowest BCUT2D eigenvalue weighted by Crippen LogP contribution is -2.03. The molecule has 0 heterocycles. The quantitative estimate of drug-likeness (QED) is 0.785. The van der Waals surface area contributed by atoms with E-state index in [1.807, 2.05) is 6.92 Å². The molecule has 0 unspecified atom stereocenters. The van der Waals surface area contributed by atoms with Crippen LogP contribution in [0.2, 0.25) is 5.02 Å². The number of hydrogen-bond donors (Lipinski definition) is 3. The lowest BCUT2D eigenvalue weighted by atomic mass is 10.2. The van der Waals surface area contributed by atoms with Crippen molar-refractivity contribution in [1.82, 2.24) is 0 Å². The van der Waals surface area contributed by atoms with E-state index >= 15 is 0 Å². The number of benzene rings is 2. The van der Waals surface area contributed by atoms with Gasteiger partial charge >= 0.3 is 0 Å². The van der Waals surface area contributed by atoms with Crippen molar-refractivity contribution in [2.75, 3.05) is 11.9 Å². The minimum Gasteiger partial charge on any atom is -0.508 e. The number of phenols is 2. The second kappa shape index (κ2) is 6.39. The maximum atomic E-state index is 9.74. The van der Waals surface area contributed by atoms with Gasteiger partial charge in [0.25, 0.3) is 0 Å². The van der Waals surface area contributed by atoms with Gasteiger partial charge in [-0.1, -0.05) is 11.6 Å². The Morgan fingerprint density at radius 1 is 1.15 bits per heavy atom. The van der Waals surface area contributed by atoms with Crippen molar-refractivity contribution >= 4 is 17.3 Å². The molecule has 0 saturated carbocycles. The maximum absolute atomic E-state index is 9.74. The van der Waals surface area contributed by atoms with Crippen molar-refractivity contribution in [2.24, 2.45) is 0 Å². The van der Waals surface area contributed by atoms with E-state index in [-0.39, 0.29) is 11.5 Å². The molecular weight excluding hydrogens is 278 g/mol. The van der Waals surface area contributed by atoms with E-state index in [2.05, 4.69) is 5.32 Å². The van der Waals surface area contributed by atoms with Crippen LogP contribution in [-0.2, 0) is 6.54 Å². The van der Waals surface area contributed by atoms with Crippen molar-refractivity contribution in [3.63, 3.8) is 0 Å². The van der Waals surface area contributed by atoms with Gasteiger partial charge < -0.3 is 20.3 Å². The Kier molecular flexibility index (Phi) is 4.58. The summed E-state index contributed by atoms with van der Waals surface area (Å²) < 4.78 is 5.51. The van der Waals surface area contributed by atoms with Gasteiger partial charge in [0, 0.05) is 23.2 Å². The summed E-state index contributed by atoms with van der Waals surface area (Å²) in [7, 11) is 0. The fourth-order valence-corrected chi connectivity index (χ4v) is 1.99. The molecule has 0 amide bonds. The molecule has 20 heavy (non-hydrogen) atoms. The number of halogens is 1. The molecule has 0 saturated heterocycles. The largest absolute Gasteiger partial charge is 0.508 e. The standard InChI is InChI=1S/C15H16ClNO3/c1-2-20-15-6-4-11(16)7-13(15)17-9-10-3-5-12(18)8-14(10)19/h3-8,17-19H,2,9H2,1H3. The second-order valence-corrected chi connectivity index (χ2v) is 4.68. The van der Waals surface area contributed by atoms with Gasteiger partial charge in [-0.2, -0.15) is 0 Å². The van der Waals surface area contributed by atoms with Gasteiger partial charge in [-0.25, -0.2) is 0 Å². The Balaban J connectivity index is 2.15. The van der Waals surface area contributed by atoms with Gasteiger partial charge in [0.2, 0.25) is 0 Å². The third-order valence-electron chi connectivity index (χ3n) is 2.78. The van der Waals surface area contributed by atoms with E-state index in [1.165, 1.54) is 12.1 Å². The van der Waals surface area contributed by atoms with Gasteiger partial charge in [0.05, 0.1) is 12.3 Å². The van der Waals surface area contributed by atoms with E-state index in [0.29, 0.717) is 29.5 Å². The summed E-state index contributed by atoms with van der Waals surface area (Å²) in [5, 5.41) is 22.8. The fraction of sp³-hybridized carbons (Fsp3) is 0.200. The zero-order chi connectivity index (χ0) is 14.5. The number of anilines is 1. The first kappa shape index (κ1) is 14.3. The first-order valence-corrected chi connectivity index (χ1v) is 6.65. The van der Waals surface area contributed by atoms with Gasteiger partial charge in [0.1, 0.15) is 17.2 Å². The maximum Gasteiger partial charge on any atom is 0.142 e. The first-order chi connectivity index (χ1) is 9.60. The average molecular weight is 294 g/mol. The second-order valence-electron chi connectivity index (χ2n) is 4.24. The van der Waals surface area contributed by atoms with Crippen molar-refractivity contribution in [1.29, 1.82) is 0 Å². The van der Waals surface area contributed by atoms with Crippen molar-refractivity contribution in [2.45, 2.75) is 13.5 Å². The van der Waals surface area contributed by atoms with Crippen LogP contribution in [0.15, 0.2) is 36.4 Å². The SMILES string of the molecule is CCOc1ccc(Cl)cc1NCc1ccc(O)cc1O. The van der Waals surface area contributed by atoms with E-state index in [9.17, 15) is 10.2 Å². The molecule has 3 N–H and O–H groups in total. The van der Waals surface area contributed by atoms with Crippen LogP contribution < -0.4 is 10.1 Å². The molecular formula is C15H16ClNO3. The molecule has 4 nitrogen and oxygen atoms in total. The fourth-order valence-electron chi connectivity index (χ4n) is 1.81. The molecule has 0 aliphatic rings. The van der Waals surface area contributed by atoms with Crippen LogP contribution in [0, 0.1) is 0 Å². The molecule has 0 atom stereocenters. The normalized spacial score (nSPS) is 10.3.